The largest absolute Gasteiger partial charge is 0.481 e. The summed E-state index contributed by atoms with van der Waals surface area (Å²) in [7, 11) is 0. The van der Waals surface area contributed by atoms with Gasteiger partial charge in [-0.1, -0.05) is 6.42 Å². The number of hydrogen-bond donors (Lipinski definition) is 2. The second kappa shape index (κ2) is 5.14. The molecule has 5 heteroatoms. The van der Waals surface area contributed by atoms with Crippen LogP contribution < -0.4 is 5.32 Å². The Balaban J connectivity index is 1.69. The second-order valence-corrected chi connectivity index (χ2v) is 8.45. The van der Waals surface area contributed by atoms with E-state index in [0.29, 0.717) is 24.3 Å². The van der Waals surface area contributed by atoms with E-state index < -0.39 is 17.7 Å². The summed E-state index contributed by atoms with van der Waals surface area (Å²) in [5.74, 6) is 1.65. The lowest BCUT2D eigenvalue weighted by Gasteiger charge is -2.59. The zero-order chi connectivity index (χ0) is 16.1. The van der Waals surface area contributed by atoms with E-state index in [-0.39, 0.29) is 11.8 Å². The number of amides is 1. The van der Waals surface area contributed by atoms with E-state index in [1.165, 1.54) is 12.8 Å². The Kier molecular flexibility index (Phi) is 3.65. The summed E-state index contributed by atoms with van der Waals surface area (Å²) in [5, 5.41) is 12.2. The Hall–Kier alpha value is -1.26. The minimum absolute atomic E-state index is 0.168. The number of carbonyl (C=O) groups excluding carboxylic acids is 1. The van der Waals surface area contributed by atoms with E-state index in [2.05, 4.69) is 5.32 Å². The highest BCUT2D eigenvalue weighted by Gasteiger charge is 2.66. The van der Waals surface area contributed by atoms with Gasteiger partial charge in [-0.3, -0.25) is 4.79 Å². The van der Waals surface area contributed by atoms with Crippen molar-refractivity contribution in [3.05, 3.63) is 0 Å². The maximum absolute atomic E-state index is 11.9. The summed E-state index contributed by atoms with van der Waals surface area (Å²) < 4.78 is 5.30. The average molecular weight is 309 g/mol. The van der Waals surface area contributed by atoms with Crippen molar-refractivity contribution < 1.29 is 19.4 Å². The topological polar surface area (TPSA) is 75.6 Å². The lowest BCUT2D eigenvalue weighted by Crippen LogP contribution is -2.60. The molecule has 0 aromatic carbocycles. The zero-order valence-electron chi connectivity index (χ0n) is 13.7. The SMILES string of the molecule is CC(C)(C)OC(=O)NC[C@@]1(CC(=O)O)[C@@H]2CCC3C[C@@H]2[C@@H]1C3. The van der Waals surface area contributed by atoms with E-state index in [4.69, 9.17) is 4.74 Å². The Labute approximate surface area is 131 Å². The van der Waals surface area contributed by atoms with Crippen molar-refractivity contribution in [2.45, 2.75) is 58.5 Å². The molecule has 0 aromatic heterocycles. The number of fused-ring (bicyclic) bond motifs is 1. The zero-order valence-corrected chi connectivity index (χ0v) is 13.7. The van der Waals surface area contributed by atoms with Crippen molar-refractivity contribution >= 4 is 12.1 Å². The van der Waals surface area contributed by atoms with Crippen LogP contribution in [-0.2, 0) is 9.53 Å². The second-order valence-electron chi connectivity index (χ2n) is 8.45. The van der Waals surface area contributed by atoms with Crippen LogP contribution in [0, 0.1) is 29.1 Å². The number of aliphatic carboxylic acids is 1. The summed E-state index contributed by atoms with van der Waals surface area (Å²) in [6.07, 6.45) is 4.49. The van der Waals surface area contributed by atoms with E-state index in [1.807, 2.05) is 20.8 Å². The molecule has 1 unspecified atom stereocenters. The molecule has 0 aliphatic heterocycles. The molecule has 0 saturated heterocycles. The number of ether oxygens (including phenoxy) is 1. The van der Waals surface area contributed by atoms with E-state index in [0.717, 1.165) is 18.8 Å². The number of carboxylic acid groups (broad SMARTS) is 1. The minimum Gasteiger partial charge on any atom is -0.481 e. The third kappa shape index (κ3) is 2.59. The third-order valence-corrected chi connectivity index (χ3v) is 6.03. The smallest absolute Gasteiger partial charge is 0.407 e. The van der Waals surface area contributed by atoms with Crippen LogP contribution in [0.1, 0.15) is 52.9 Å². The standard InChI is InChI=1S/C17H27NO4/c1-16(2,3)22-15(21)18-9-17(8-14(19)20)12-5-4-10-6-11(12)13(17)7-10/h10-13H,4-9H2,1-3H3,(H,18,21)(H,19,20)/t10?,11-,12+,13-,17-/m0/s1. The molecule has 0 spiro atoms. The fourth-order valence-electron chi connectivity index (χ4n) is 5.44. The van der Waals surface area contributed by atoms with Gasteiger partial charge in [-0.25, -0.2) is 4.79 Å². The van der Waals surface area contributed by atoms with Gasteiger partial charge in [-0.15, -0.1) is 0 Å². The molecular weight excluding hydrogens is 282 g/mol. The Morgan fingerprint density at radius 2 is 1.95 bits per heavy atom. The summed E-state index contributed by atoms with van der Waals surface area (Å²) in [5.41, 5.74) is -0.781. The number of nitrogens with one attached hydrogen (secondary N) is 1. The quantitative estimate of drug-likeness (QED) is 0.837. The van der Waals surface area contributed by atoms with Crippen molar-refractivity contribution in [3.63, 3.8) is 0 Å². The number of hydrogen-bond acceptors (Lipinski definition) is 3. The van der Waals surface area contributed by atoms with Gasteiger partial charge in [0.1, 0.15) is 5.60 Å². The van der Waals surface area contributed by atoms with E-state index in [9.17, 15) is 14.7 Å². The molecule has 3 saturated carbocycles. The summed E-state index contributed by atoms with van der Waals surface area (Å²) in [4.78, 5) is 23.3. The molecule has 124 valence electrons. The molecule has 3 fully saturated rings. The molecule has 0 aromatic rings. The van der Waals surface area contributed by atoms with E-state index in [1.54, 1.807) is 0 Å². The summed E-state index contributed by atoms with van der Waals surface area (Å²) in [6.45, 7) is 5.93. The van der Waals surface area contributed by atoms with Crippen molar-refractivity contribution in [2.24, 2.45) is 29.1 Å². The fraction of sp³-hybridized carbons (Fsp3) is 0.882. The van der Waals surface area contributed by atoms with Crippen molar-refractivity contribution in [1.29, 1.82) is 0 Å². The molecule has 1 amide bonds. The summed E-state index contributed by atoms with van der Waals surface area (Å²) >= 11 is 0. The third-order valence-electron chi connectivity index (χ3n) is 6.03. The molecule has 5 atom stereocenters. The summed E-state index contributed by atoms with van der Waals surface area (Å²) in [6, 6.07) is 0. The van der Waals surface area contributed by atoms with Crippen LogP contribution in [0.15, 0.2) is 0 Å². The number of carbonyl (C=O) groups is 2. The predicted octanol–water partition coefficient (Wildman–Crippen LogP) is 3.04. The van der Waals surface area contributed by atoms with E-state index >= 15 is 0 Å². The van der Waals surface area contributed by atoms with Gasteiger partial charge >= 0.3 is 12.1 Å². The van der Waals surface area contributed by atoms with Gasteiger partial charge in [0.25, 0.3) is 0 Å². The van der Waals surface area contributed by atoms with Crippen LogP contribution in [0.4, 0.5) is 4.79 Å². The van der Waals surface area contributed by atoms with Gasteiger partial charge < -0.3 is 15.2 Å². The highest BCUT2D eigenvalue weighted by molar-refractivity contribution is 5.70. The number of carboxylic acids is 1. The van der Waals surface area contributed by atoms with Gasteiger partial charge in [0.2, 0.25) is 0 Å². The highest BCUT2D eigenvalue weighted by Crippen LogP contribution is 2.70. The molecule has 5 nitrogen and oxygen atoms in total. The molecule has 3 rings (SSSR count). The average Bonchev–Trinajstić information content (AvgIpc) is 2.56. The first-order chi connectivity index (χ1) is 10.2. The molecular formula is C17H27NO4. The maximum Gasteiger partial charge on any atom is 0.407 e. The lowest BCUT2D eigenvalue weighted by molar-refractivity contribution is -0.157. The monoisotopic (exact) mass is 309 g/mol. The number of rotatable bonds is 4. The molecule has 3 aliphatic carbocycles. The van der Waals surface area contributed by atoms with Crippen molar-refractivity contribution in [3.8, 4) is 0 Å². The number of alkyl carbamates (subject to hydrolysis) is 1. The van der Waals surface area contributed by atoms with Crippen LogP contribution in [0.25, 0.3) is 0 Å². The first-order valence-electron chi connectivity index (χ1n) is 8.40. The van der Waals surface area contributed by atoms with Gasteiger partial charge in [0, 0.05) is 12.0 Å². The minimum atomic E-state index is -0.750. The van der Waals surface area contributed by atoms with Crippen molar-refractivity contribution in [1.82, 2.24) is 5.32 Å². The Morgan fingerprint density at radius 1 is 1.23 bits per heavy atom. The van der Waals surface area contributed by atoms with Gasteiger partial charge in [-0.05, 0) is 63.7 Å². The van der Waals surface area contributed by atoms with Crippen LogP contribution in [-0.4, -0.2) is 29.3 Å². The first kappa shape index (κ1) is 15.6. The fourth-order valence-corrected chi connectivity index (χ4v) is 5.44. The predicted molar refractivity (Wildman–Crippen MR) is 81.4 cm³/mol. The lowest BCUT2D eigenvalue weighted by atomic mass is 9.45. The van der Waals surface area contributed by atoms with Crippen LogP contribution in [0.5, 0.6) is 0 Å². The van der Waals surface area contributed by atoms with Gasteiger partial charge in [-0.2, -0.15) is 0 Å². The first-order valence-corrected chi connectivity index (χ1v) is 8.40. The maximum atomic E-state index is 11.9. The molecule has 3 aliphatic rings. The van der Waals surface area contributed by atoms with Gasteiger partial charge in [0.15, 0.2) is 0 Å². The molecule has 22 heavy (non-hydrogen) atoms. The van der Waals surface area contributed by atoms with Gasteiger partial charge in [0.05, 0.1) is 6.42 Å². The van der Waals surface area contributed by atoms with Crippen LogP contribution in [0.3, 0.4) is 0 Å². The molecule has 2 N–H and O–H groups in total. The van der Waals surface area contributed by atoms with Crippen molar-refractivity contribution in [2.75, 3.05) is 6.54 Å². The normalized spacial score (nSPS) is 39.0. The molecule has 2 bridgehead atoms. The van der Waals surface area contributed by atoms with Crippen LogP contribution in [0.2, 0.25) is 0 Å². The highest BCUT2D eigenvalue weighted by atomic mass is 16.6. The Bertz CT molecular complexity index is 476. The molecule has 0 radical (unpaired) electrons. The Morgan fingerprint density at radius 3 is 2.59 bits per heavy atom. The molecule has 0 heterocycles. The van der Waals surface area contributed by atoms with Crippen LogP contribution >= 0.6 is 0 Å².